The van der Waals surface area contributed by atoms with Gasteiger partial charge in [0.05, 0.1) is 0 Å². The van der Waals surface area contributed by atoms with E-state index in [-0.39, 0.29) is 0 Å². The van der Waals surface area contributed by atoms with Gasteiger partial charge < -0.3 is 4.52 Å². The van der Waals surface area contributed by atoms with Crippen LogP contribution in [-0.4, -0.2) is 5.16 Å². The van der Waals surface area contributed by atoms with Crippen molar-refractivity contribution in [2.75, 3.05) is 0 Å². The zero-order valence-electron chi connectivity index (χ0n) is 7.69. The second-order valence-electron chi connectivity index (χ2n) is 3.00. The average Bonchev–Trinajstić information content (AvgIpc) is 2.67. The lowest BCUT2D eigenvalue weighted by Gasteiger charge is -1.98. The molecule has 3 heteroatoms. The Morgan fingerprint density at radius 1 is 1.36 bits per heavy atom. The molecule has 0 saturated heterocycles. The maximum absolute atomic E-state index is 8.59. The van der Waals surface area contributed by atoms with E-state index in [0.717, 1.165) is 11.1 Å². The first-order valence-corrected chi connectivity index (χ1v) is 4.24. The third-order valence-corrected chi connectivity index (χ3v) is 2.04. The number of nitrogens with zero attached hydrogens (tertiary/aromatic N) is 2. The van der Waals surface area contributed by atoms with Crippen molar-refractivity contribution in [2.45, 2.75) is 6.92 Å². The van der Waals surface area contributed by atoms with E-state index in [1.54, 1.807) is 6.07 Å². The maximum atomic E-state index is 8.59. The standard InChI is InChI=1S/C11H8N2O/c1-8-4-2-3-5-10(8)11-6-9(7-12)13-14-11/h2-6H,1H3. The highest BCUT2D eigenvalue weighted by molar-refractivity contribution is 5.62. The fourth-order valence-electron chi connectivity index (χ4n) is 1.30. The van der Waals surface area contributed by atoms with Crippen LogP contribution in [0.15, 0.2) is 34.9 Å². The highest BCUT2D eigenvalue weighted by Gasteiger charge is 2.07. The van der Waals surface area contributed by atoms with Crippen molar-refractivity contribution in [3.8, 4) is 17.4 Å². The first-order chi connectivity index (χ1) is 6.81. The Kier molecular flexibility index (Phi) is 2.04. The molecule has 0 unspecified atom stereocenters. The molecule has 0 saturated carbocycles. The smallest absolute Gasteiger partial charge is 0.184 e. The Labute approximate surface area is 81.6 Å². The van der Waals surface area contributed by atoms with E-state index in [4.69, 9.17) is 9.78 Å². The number of hydrogen-bond acceptors (Lipinski definition) is 3. The molecule has 2 aromatic rings. The number of aromatic nitrogens is 1. The molecule has 0 atom stereocenters. The highest BCUT2D eigenvalue weighted by Crippen LogP contribution is 2.23. The quantitative estimate of drug-likeness (QED) is 0.684. The third kappa shape index (κ3) is 1.38. The molecular weight excluding hydrogens is 176 g/mol. The Bertz CT molecular complexity index is 494. The SMILES string of the molecule is Cc1ccccc1-c1cc(C#N)no1. The second kappa shape index (κ2) is 3.35. The van der Waals surface area contributed by atoms with Crippen molar-refractivity contribution in [3.63, 3.8) is 0 Å². The number of hydrogen-bond donors (Lipinski definition) is 0. The molecule has 1 heterocycles. The van der Waals surface area contributed by atoms with Crippen LogP contribution in [0, 0.1) is 18.3 Å². The summed E-state index contributed by atoms with van der Waals surface area (Å²) < 4.78 is 5.05. The van der Waals surface area contributed by atoms with Crippen molar-refractivity contribution < 1.29 is 4.52 Å². The second-order valence-corrected chi connectivity index (χ2v) is 3.00. The number of benzene rings is 1. The normalized spacial score (nSPS) is 9.71. The largest absolute Gasteiger partial charge is 0.355 e. The summed E-state index contributed by atoms with van der Waals surface area (Å²) in [6.45, 7) is 1.99. The zero-order valence-corrected chi connectivity index (χ0v) is 7.69. The van der Waals surface area contributed by atoms with E-state index < -0.39 is 0 Å². The predicted octanol–water partition coefficient (Wildman–Crippen LogP) is 2.52. The van der Waals surface area contributed by atoms with E-state index in [1.807, 2.05) is 37.3 Å². The molecule has 1 aromatic heterocycles. The fraction of sp³-hybridized carbons (Fsp3) is 0.0909. The minimum absolute atomic E-state index is 0.309. The molecule has 0 aliphatic rings. The Hall–Kier alpha value is -2.08. The summed E-state index contributed by atoms with van der Waals surface area (Å²) in [5.74, 6) is 0.639. The molecule has 0 fully saturated rings. The summed E-state index contributed by atoms with van der Waals surface area (Å²) in [5, 5.41) is 12.2. The van der Waals surface area contributed by atoms with Gasteiger partial charge in [0.25, 0.3) is 0 Å². The van der Waals surface area contributed by atoms with Crippen molar-refractivity contribution >= 4 is 0 Å². The predicted molar refractivity (Wildman–Crippen MR) is 51.4 cm³/mol. The summed E-state index contributed by atoms with van der Waals surface area (Å²) in [7, 11) is 0. The van der Waals surface area contributed by atoms with E-state index >= 15 is 0 Å². The molecule has 0 bridgehead atoms. The molecule has 2 rings (SSSR count). The monoisotopic (exact) mass is 184 g/mol. The fourth-order valence-corrected chi connectivity index (χ4v) is 1.30. The molecule has 0 N–H and O–H groups in total. The van der Waals surface area contributed by atoms with Gasteiger partial charge in [-0.2, -0.15) is 5.26 Å². The number of nitriles is 1. The van der Waals surface area contributed by atoms with E-state index in [9.17, 15) is 0 Å². The summed E-state index contributed by atoms with van der Waals surface area (Å²) in [6, 6.07) is 11.4. The summed E-state index contributed by atoms with van der Waals surface area (Å²) in [4.78, 5) is 0. The van der Waals surface area contributed by atoms with Crippen LogP contribution in [0.5, 0.6) is 0 Å². The van der Waals surface area contributed by atoms with Gasteiger partial charge >= 0.3 is 0 Å². The van der Waals surface area contributed by atoms with Crippen molar-refractivity contribution in [3.05, 3.63) is 41.6 Å². The lowest BCUT2D eigenvalue weighted by atomic mass is 10.1. The van der Waals surface area contributed by atoms with Crippen LogP contribution in [0.2, 0.25) is 0 Å². The zero-order chi connectivity index (χ0) is 9.97. The van der Waals surface area contributed by atoms with Gasteiger partial charge in [-0.1, -0.05) is 29.4 Å². The molecular formula is C11H8N2O. The summed E-state index contributed by atoms with van der Waals surface area (Å²) in [6.07, 6.45) is 0. The minimum atomic E-state index is 0.309. The molecule has 68 valence electrons. The Morgan fingerprint density at radius 2 is 2.14 bits per heavy atom. The van der Waals surface area contributed by atoms with Crippen LogP contribution in [0.25, 0.3) is 11.3 Å². The summed E-state index contributed by atoms with van der Waals surface area (Å²) in [5.41, 5.74) is 2.39. The number of rotatable bonds is 1. The average molecular weight is 184 g/mol. The van der Waals surface area contributed by atoms with Crippen LogP contribution in [-0.2, 0) is 0 Å². The lowest BCUT2D eigenvalue weighted by molar-refractivity contribution is 0.430. The minimum Gasteiger partial charge on any atom is -0.355 e. The van der Waals surface area contributed by atoms with Crippen LogP contribution in [0.4, 0.5) is 0 Å². The molecule has 0 spiro atoms. The highest BCUT2D eigenvalue weighted by atomic mass is 16.5. The molecule has 1 aromatic carbocycles. The first kappa shape index (κ1) is 8.52. The lowest BCUT2D eigenvalue weighted by Crippen LogP contribution is -1.78. The van der Waals surface area contributed by atoms with E-state index in [1.165, 1.54) is 0 Å². The van der Waals surface area contributed by atoms with Crippen molar-refractivity contribution in [2.24, 2.45) is 0 Å². The van der Waals surface area contributed by atoms with Gasteiger partial charge in [0.15, 0.2) is 11.5 Å². The molecule has 0 amide bonds. The van der Waals surface area contributed by atoms with Gasteiger partial charge in [-0.15, -0.1) is 0 Å². The summed E-state index contributed by atoms with van der Waals surface area (Å²) >= 11 is 0. The van der Waals surface area contributed by atoms with Gasteiger partial charge in [0.1, 0.15) is 6.07 Å². The van der Waals surface area contributed by atoms with E-state index in [0.29, 0.717) is 11.5 Å². The molecule has 0 radical (unpaired) electrons. The maximum Gasteiger partial charge on any atom is 0.184 e. The van der Waals surface area contributed by atoms with Crippen LogP contribution < -0.4 is 0 Å². The third-order valence-electron chi connectivity index (χ3n) is 2.04. The van der Waals surface area contributed by atoms with Gasteiger partial charge in [-0.3, -0.25) is 0 Å². The topological polar surface area (TPSA) is 49.8 Å². The molecule has 0 aliphatic carbocycles. The molecule has 3 nitrogen and oxygen atoms in total. The van der Waals surface area contributed by atoms with Gasteiger partial charge in [-0.05, 0) is 12.5 Å². The molecule has 14 heavy (non-hydrogen) atoms. The van der Waals surface area contributed by atoms with Crippen molar-refractivity contribution in [1.29, 1.82) is 5.26 Å². The van der Waals surface area contributed by atoms with Gasteiger partial charge in [0.2, 0.25) is 0 Å². The van der Waals surface area contributed by atoms with Crippen LogP contribution in [0.1, 0.15) is 11.3 Å². The van der Waals surface area contributed by atoms with Gasteiger partial charge in [0, 0.05) is 11.6 Å². The first-order valence-electron chi connectivity index (χ1n) is 4.24. The molecule has 0 aliphatic heterocycles. The van der Waals surface area contributed by atoms with E-state index in [2.05, 4.69) is 5.16 Å². The Balaban J connectivity index is 2.51. The number of aryl methyl sites for hydroxylation is 1. The van der Waals surface area contributed by atoms with Crippen LogP contribution >= 0.6 is 0 Å². The van der Waals surface area contributed by atoms with Gasteiger partial charge in [-0.25, -0.2) is 0 Å². The van der Waals surface area contributed by atoms with Crippen molar-refractivity contribution in [1.82, 2.24) is 5.16 Å². The Morgan fingerprint density at radius 3 is 2.79 bits per heavy atom. The van der Waals surface area contributed by atoms with Crippen LogP contribution in [0.3, 0.4) is 0 Å².